The third-order valence-electron chi connectivity index (χ3n) is 6.85. The predicted octanol–water partition coefficient (Wildman–Crippen LogP) is 4.26. The first-order chi connectivity index (χ1) is 17.3. The van der Waals surface area contributed by atoms with Crippen molar-refractivity contribution >= 4 is 50.2 Å². The van der Waals surface area contributed by atoms with E-state index < -0.39 is 11.3 Å². The highest BCUT2D eigenvalue weighted by Gasteiger charge is 2.49. The van der Waals surface area contributed by atoms with Gasteiger partial charge in [0, 0.05) is 24.8 Å². The number of anilines is 1. The van der Waals surface area contributed by atoms with Crippen molar-refractivity contribution in [2.24, 2.45) is 11.3 Å². The molecular formula is C24H24BrN9OS. The van der Waals surface area contributed by atoms with Gasteiger partial charge < -0.3 is 10.6 Å². The van der Waals surface area contributed by atoms with E-state index in [9.17, 15) is 10.1 Å². The largest absolute Gasteiger partial charge is 0.359 e. The van der Waals surface area contributed by atoms with Gasteiger partial charge in [-0.05, 0) is 73.3 Å². The van der Waals surface area contributed by atoms with Crippen LogP contribution in [0.2, 0.25) is 0 Å². The van der Waals surface area contributed by atoms with Crippen LogP contribution in [-0.4, -0.2) is 48.9 Å². The van der Waals surface area contributed by atoms with Crippen LogP contribution in [0.4, 0.5) is 5.95 Å². The molecule has 12 heteroatoms. The van der Waals surface area contributed by atoms with Crippen LogP contribution < -0.4 is 10.6 Å². The molecular weight excluding hydrogens is 542 g/mol. The molecule has 0 bridgehead atoms. The molecule has 1 unspecified atom stereocenters. The Balaban J connectivity index is 1.42. The molecule has 4 aromatic rings. The summed E-state index contributed by atoms with van der Waals surface area (Å²) in [6.07, 6.45) is 3.65. The van der Waals surface area contributed by atoms with Crippen LogP contribution in [0.3, 0.4) is 0 Å². The average molecular weight is 566 g/mol. The standard InChI is InChI=1S/C24H24BrN9OS/c1-13(11-26)24(22(35)27-3)9-8-16(10-24)29-23-28-12-18-19(25)33-34(20(18)30-23)17-6-4-15(5-7-17)21-32-31-14(2)36-21/h4-7,12-13,16H,8-10H2,1-3H3,(H,27,35)(H,28,29,30)/t13?,16-,24-/m1/s1. The highest BCUT2D eigenvalue weighted by Crippen LogP contribution is 2.45. The number of hydrogen-bond acceptors (Lipinski definition) is 9. The molecule has 2 N–H and O–H groups in total. The smallest absolute Gasteiger partial charge is 0.227 e. The maximum Gasteiger partial charge on any atom is 0.227 e. The van der Waals surface area contributed by atoms with Gasteiger partial charge in [0.15, 0.2) is 5.65 Å². The minimum atomic E-state index is -0.719. The first-order valence-corrected chi connectivity index (χ1v) is 13.2. The van der Waals surface area contributed by atoms with E-state index in [-0.39, 0.29) is 11.9 Å². The number of amides is 1. The summed E-state index contributed by atoms with van der Waals surface area (Å²) >= 11 is 5.07. The van der Waals surface area contributed by atoms with E-state index in [0.717, 1.165) is 33.1 Å². The van der Waals surface area contributed by atoms with Crippen molar-refractivity contribution in [3.63, 3.8) is 0 Å². The fraction of sp³-hybridized carbons (Fsp3) is 0.375. The molecule has 3 atom stereocenters. The lowest BCUT2D eigenvalue weighted by atomic mass is 9.74. The number of aromatic nitrogens is 6. The van der Waals surface area contributed by atoms with Crippen LogP contribution in [0.1, 0.15) is 31.2 Å². The Morgan fingerprint density at radius 1 is 1.33 bits per heavy atom. The van der Waals surface area contributed by atoms with Crippen LogP contribution in [0.15, 0.2) is 35.1 Å². The number of carbonyl (C=O) groups excluding carboxylic acids is 1. The van der Waals surface area contributed by atoms with Gasteiger partial charge >= 0.3 is 0 Å². The molecule has 5 rings (SSSR count). The normalized spacial score (nSPS) is 20.2. The molecule has 0 radical (unpaired) electrons. The number of nitriles is 1. The molecule has 3 aromatic heterocycles. The summed E-state index contributed by atoms with van der Waals surface area (Å²) in [5.41, 5.74) is 1.77. The van der Waals surface area contributed by atoms with E-state index in [4.69, 9.17) is 4.98 Å². The van der Waals surface area contributed by atoms with Gasteiger partial charge in [-0.15, -0.1) is 10.2 Å². The highest BCUT2D eigenvalue weighted by atomic mass is 79.9. The fourth-order valence-corrected chi connectivity index (χ4v) is 5.96. The molecule has 1 amide bonds. The van der Waals surface area contributed by atoms with E-state index in [1.807, 2.05) is 38.1 Å². The minimum absolute atomic E-state index is 0.0231. The molecule has 0 aliphatic heterocycles. The summed E-state index contributed by atoms with van der Waals surface area (Å²) in [6.45, 7) is 3.75. The first-order valence-electron chi connectivity index (χ1n) is 11.5. The molecule has 0 spiro atoms. The summed E-state index contributed by atoms with van der Waals surface area (Å²) in [6, 6.07) is 10.2. The molecule has 0 saturated heterocycles. The predicted molar refractivity (Wildman–Crippen MR) is 141 cm³/mol. The van der Waals surface area contributed by atoms with Gasteiger partial charge in [0.2, 0.25) is 11.9 Å². The third kappa shape index (κ3) is 4.22. The number of carbonyl (C=O) groups is 1. The number of rotatable bonds is 6. The van der Waals surface area contributed by atoms with Gasteiger partial charge in [0.05, 0.1) is 28.5 Å². The van der Waals surface area contributed by atoms with Crippen molar-refractivity contribution in [1.29, 1.82) is 5.26 Å². The Labute approximate surface area is 220 Å². The van der Waals surface area contributed by atoms with Crippen molar-refractivity contribution in [3.05, 3.63) is 40.1 Å². The van der Waals surface area contributed by atoms with Crippen LogP contribution >= 0.6 is 27.3 Å². The molecule has 36 heavy (non-hydrogen) atoms. The summed E-state index contributed by atoms with van der Waals surface area (Å²) < 4.78 is 2.41. The van der Waals surface area contributed by atoms with Crippen molar-refractivity contribution < 1.29 is 4.79 Å². The minimum Gasteiger partial charge on any atom is -0.359 e. The van der Waals surface area contributed by atoms with Gasteiger partial charge in [0.25, 0.3) is 0 Å². The molecule has 3 heterocycles. The fourth-order valence-electron chi connectivity index (χ4n) is 4.83. The summed E-state index contributed by atoms with van der Waals surface area (Å²) in [4.78, 5) is 21.9. The number of aryl methyl sites for hydroxylation is 1. The quantitative estimate of drug-likeness (QED) is 0.354. The summed E-state index contributed by atoms with van der Waals surface area (Å²) in [5, 5.41) is 31.2. The SMILES string of the molecule is CNC(=O)[C@]1(C(C)C#N)CC[C@@H](Nc2ncc3c(Br)nn(-c4ccc(-c5nnc(C)s5)cc4)c3n2)C1. The highest BCUT2D eigenvalue weighted by molar-refractivity contribution is 9.10. The number of halogens is 1. The maximum absolute atomic E-state index is 12.7. The lowest BCUT2D eigenvalue weighted by Gasteiger charge is -2.29. The van der Waals surface area contributed by atoms with Gasteiger partial charge in [-0.1, -0.05) is 11.3 Å². The van der Waals surface area contributed by atoms with Crippen LogP contribution in [0, 0.1) is 29.6 Å². The Bertz CT molecular complexity index is 1480. The molecule has 1 aromatic carbocycles. The number of nitrogens with one attached hydrogen (secondary N) is 2. The second kappa shape index (κ2) is 9.55. The molecule has 1 fully saturated rings. The number of hydrogen-bond donors (Lipinski definition) is 2. The second-order valence-electron chi connectivity index (χ2n) is 8.98. The molecule has 1 aliphatic carbocycles. The Morgan fingerprint density at radius 3 is 2.78 bits per heavy atom. The molecule has 1 saturated carbocycles. The lowest BCUT2D eigenvalue weighted by molar-refractivity contribution is -0.132. The number of nitrogens with zero attached hydrogens (tertiary/aromatic N) is 7. The van der Waals surface area contributed by atoms with Gasteiger partial charge in [-0.3, -0.25) is 4.79 Å². The van der Waals surface area contributed by atoms with Crippen molar-refractivity contribution in [2.45, 2.75) is 39.2 Å². The van der Waals surface area contributed by atoms with Gasteiger partial charge in [-0.25, -0.2) is 9.67 Å². The zero-order valence-corrected chi connectivity index (χ0v) is 22.4. The Morgan fingerprint density at radius 2 is 2.11 bits per heavy atom. The summed E-state index contributed by atoms with van der Waals surface area (Å²) in [7, 11) is 1.62. The van der Waals surface area contributed by atoms with Crippen LogP contribution in [-0.2, 0) is 4.79 Å². The maximum atomic E-state index is 12.7. The van der Waals surface area contributed by atoms with Crippen molar-refractivity contribution in [1.82, 2.24) is 35.3 Å². The van der Waals surface area contributed by atoms with E-state index in [1.54, 1.807) is 29.3 Å². The second-order valence-corrected chi connectivity index (χ2v) is 10.9. The lowest BCUT2D eigenvalue weighted by Crippen LogP contribution is -2.42. The topological polar surface area (TPSA) is 134 Å². The summed E-state index contributed by atoms with van der Waals surface area (Å²) in [5.74, 6) is -0.0251. The Kier molecular flexibility index (Phi) is 6.44. The number of benzene rings is 1. The molecule has 10 nitrogen and oxygen atoms in total. The van der Waals surface area contributed by atoms with Gasteiger partial charge in [0.1, 0.15) is 14.6 Å². The first kappa shape index (κ1) is 24.3. The Hall–Kier alpha value is -3.43. The third-order valence-corrected chi connectivity index (χ3v) is 8.32. The van der Waals surface area contributed by atoms with E-state index in [0.29, 0.717) is 29.0 Å². The van der Waals surface area contributed by atoms with E-state index in [1.165, 1.54) is 0 Å². The van der Waals surface area contributed by atoms with Crippen LogP contribution in [0.25, 0.3) is 27.3 Å². The zero-order valence-electron chi connectivity index (χ0n) is 20.0. The molecule has 1 aliphatic rings. The van der Waals surface area contributed by atoms with Gasteiger partial charge in [-0.2, -0.15) is 15.3 Å². The van der Waals surface area contributed by atoms with E-state index >= 15 is 0 Å². The van der Waals surface area contributed by atoms with Crippen LogP contribution in [0.5, 0.6) is 0 Å². The zero-order chi connectivity index (χ0) is 25.4. The monoisotopic (exact) mass is 565 g/mol. The average Bonchev–Trinajstić information content (AvgIpc) is 3.61. The number of fused-ring (bicyclic) bond motifs is 1. The van der Waals surface area contributed by atoms with E-state index in [2.05, 4.69) is 52.9 Å². The van der Waals surface area contributed by atoms with Crippen molar-refractivity contribution in [2.75, 3.05) is 12.4 Å². The van der Waals surface area contributed by atoms with Crippen molar-refractivity contribution in [3.8, 4) is 22.3 Å². The molecule has 184 valence electrons.